The standard InChI is InChI=1S/C19H32N4O2.ClH/c1-15(2)8-13-25-17-5-10-22(11-6-17)19(24)18-7-12-23(21-18)16-4-3-9-20-14-16;/h7,12,15-17,20H,3-6,8-11,13-14H2,1-2H3;1H. The van der Waals surface area contributed by atoms with Crippen LogP contribution in [-0.2, 0) is 4.74 Å². The van der Waals surface area contributed by atoms with Gasteiger partial charge in [0.1, 0.15) is 5.69 Å². The molecule has 3 rings (SSSR count). The smallest absolute Gasteiger partial charge is 0.274 e. The molecule has 2 fully saturated rings. The Morgan fingerprint density at radius 2 is 2.12 bits per heavy atom. The number of carbonyl (C=O) groups excluding carboxylic acids is 1. The van der Waals surface area contributed by atoms with Gasteiger partial charge in [0.15, 0.2) is 0 Å². The van der Waals surface area contributed by atoms with Crippen molar-refractivity contribution < 1.29 is 9.53 Å². The van der Waals surface area contributed by atoms with Gasteiger partial charge in [-0.05, 0) is 50.6 Å². The predicted molar refractivity (Wildman–Crippen MR) is 105 cm³/mol. The van der Waals surface area contributed by atoms with Gasteiger partial charge in [0.25, 0.3) is 5.91 Å². The molecular formula is C19H33ClN4O2. The van der Waals surface area contributed by atoms with E-state index in [1.54, 1.807) is 0 Å². The lowest BCUT2D eigenvalue weighted by molar-refractivity contribution is 0.00467. The van der Waals surface area contributed by atoms with Crippen LogP contribution in [-0.4, -0.2) is 59.5 Å². The van der Waals surface area contributed by atoms with Gasteiger partial charge in [-0.1, -0.05) is 13.8 Å². The second-order valence-corrected chi connectivity index (χ2v) is 7.73. The van der Waals surface area contributed by atoms with Gasteiger partial charge in [-0.2, -0.15) is 5.10 Å². The first-order valence-electron chi connectivity index (χ1n) is 9.80. The van der Waals surface area contributed by atoms with Crippen LogP contribution >= 0.6 is 12.4 Å². The maximum Gasteiger partial charge on any atom is 0.274 e. The largest absolute Gasteiger partial charge is 0.378 e. The average molecular weight is 385 g/mol. The zero-order valence-corrected chi connectivity index (χ0v) is 16.8. The molecule has 148 valence electrons. The highest BCUT2D eigenvalue weighted by Crippen LogP contribution is 2.19. The van der Waals surface area contributed by atoms with Crippen LogP contribution in [0.25, 0.3) is 0 Å². The van der Waals surface area contributed by atoms with E-state index in [2.05, 4.69) is 24.3 Å². The van der Waals surface area contributed by atoms with Crippen LogP contribution in [0.1, 0.15) is 62.5 Å². The van der Waals surface area contributed by atoms with E-state index >= 15 is 0 Å². The van der Waals surface area contributed by atoms with E-state index < -0.39 is 0 Å². The third kappa shape index (κ3) is 5.69. The van der Waals surface area contributed by atoms with Crippen molar-refractivity contribution in [3.05, 3.63) is 18.0 Å². The van der Waals surface area contributed by atoms with E-state index in [9.17, 15) is 4.79 Å². The summed E-state index contributed by atoms with van der Waals surface area (Å²) in [4.78, 5) is 14.6. The molecule has 1 unspecified atom stereocenters. The van der Waals surface area contributed by atoms with Crippen molar-refractivity contribution in [1.82, 2.24) is 20.0 Å². The Kier molecular flexibility index (Phi) is 8.38. The summed E-state index contributed by atoms with van der Waals surface area (Å²) >= 11 is 0. The van der Waals surface area contributed by atoms with Crippen LogP contribution in [0.3, 0.4) is 0 Å². The van der Waals surface area contributed by atoms with Crippen molar-refractivity contribution in [2.45, 2.75) is 58.1 Å². The van der Waals surface area contributed by atoms with Crippen LogP contribution in [0.5, 0.6) is 0 Å². The van der Waals surface area contributed by atoms with Gasteiger partial charge in [0.05, 0.1) is 12.1 Å². The molecule has 0 spiro atoms. The molecule has 26 heavy (non-hydrogen) atoms. The molecular weight excluding hydrogens is 352 g/mol. The second kappa shape index (κ2) is 10.3. The summed E-state index contributed by atoms with van der Waals surface area (Å²) in [5.41, 5.74) is 0.574. The number of nitrogens with zero attached hydrogens (tertiary/aromatic N) is 3. The van der Waals surface area contributed by atoms with E-state index in [-0.39, 0.29) is 18.3 Å². The van der Waals surface area contributed by atoms with E-state index in [4.69, 9.17) is 4.74 Å². The van der Waals surface area contributed by atoms with Crippen LogP contribution in [0.2, 0.25) is 0 Å². The van der Waals surface area contributed by atoms with E-state index in [1.165, 1.54) is 0 Å². The second-order valence-electron chi connectivity index (χ2n) is 7.73. The van der Waals surface area contributed by atoms with Crippen molar-refractivity contribution >= 4 is 18.3 Å². The summed E-state index contributed by atoms with van der Waals surface area (Å²) in [6, 6.07) is 2.23. The number of ether oxygens (including phenoxy) is 1. The highest BCUT2D eigenvalue weighted by molar-refractivity contribution is 5.92. The highest BCUT2D eigenvalue weighted by Gasteiger charge is 2.26. The molecule has 0 aliphatic carbocycles. The Hall–Kier alpha value is -1.11. The number of rotatable bonds is 6. The van der Waals surface area contributed by atoms with Crippen LogP contribution < -0.4 is 5.32 Å². The molecule has 6 nitrogen and oxygen atoms in total. The molecule has 1 atom stereocenters. The van der Waals surface area contributed by atoms with Gasteiger partial charge in [0, 0.05) is 32.4 Å². The molecule has 0 aromatic carbocycles. The van der Waals surface area contributed by atoms with Gasteiger partial charge in [-0.15, -0.1) is 12.4 Å². The first-order valence-corrected chi connectivity index (χ1v) is 9.80. The number of halogens is 1. The van der Waals surface area contributed by atoms with E-state index in [1.807, 2.05) is 21.8 Å². The molecule has 0 radical (unpaired) electrons. The molecule has 0 saturated carbocycles. The molecule has 0 bridgehead atoms. The summed E-state index contributed by atoms with van der Waals surface area (Å²) in [7, 11) is 0. The number of likely N-dealkylation sites (tertiary alicyclic amines) is 1. The molecule has 3 heterocycles. The molecule has 1 aromatic rings. The quantitative estimate of drug-likeness (QED) is 0.819. The zero-order chi connectivity index (χ0) is 17.6. The number of hydrogen-bond donors (Lipinski definition) is 1. The lowest BCUT2D eigenvalue weighted by Crippen LogP contribution is -2.41. The highest BCUT2D eigenvalue weighted by atomic mass is 35.5. The van der Waals surface area contributed by atoms with Crippen molar-refractivity contribution in [3.8, 4) is 0 Å². The summed E-state index contributed by atoms with van der Waals surface area (Å²) in [5.74, 6) is 0.735. The topological polar surface area (TPSA) is 59.4 Å². The Morgan fingerprint density at radius 3 is 2.77 bits per heavy atom. The minimum atomic E-state index is 0. The van der Waals surface area contributed by atoms with Gasteiger partial charge in [-0.3, -0.25) is 9.48 Å². The third-order valence-corrected chi connectivity index (χ3v) is 5.25. The van der Waals surface area contributed by atoms with Crippen LogP contribution in [0.4, 0.5) is 0 Å². The number of hydrogen-bond acceptors (Lipinski definition) is 4. The van der Waals surface area contributed by atoms with E-state index in [0.717, 1.165) is 64.9 Å². The molecule has 1 N–H and O–H groups in total. The van der Waals surface area contributed by atoms with Gasteiger partial charge in [-0.25, -0.2) is 0 Å². The lowest BCUT2D eigenvalue weighted by atomic mass is 10.1. The molecule has 2 aliphatic rings. The molecule has 2 saturated heterocycles. The monoisotopic (exact) mass is 384 g/mol. The van der Waals surface area contributed by atoms with Crippen molar-refractivity contribution in [1.29, 1.82) is 0 Å². The predicted octanol–water partition coefficient (Wildman–Crippen LogP) is 2.90. The number of nitrogens with one attached hydrogen (secondary N) is 1. The number of carbonyl (C=O) groups is 1. The maximum atomic E-state index is 12.7. The first-order chi connectivity index (χ1) is 12.1. The Morgan fingerprint density at radius 1 is 1.35 bits per heavy atom. The summed E-state index contributed by atoms with van der Waals surface area (Å²) in [6.07, 6.45) is 7.50. The Bertz CT molecular complexity index is 549. The summed E-state index contributed by atoms with van der Waals surface area (Å²) < 4.78 is 7.91. The number of amides is 1. The zero-order valence-electron chi connectivity index (χ0n) is 16.0. The Labute approximate surface area is 163 Å². The first kappa shape index (κ1) is 21.2. The molecule has 7 heteroatoms. The molecule has 1 aromatic heterocycles. The fourth-order valence-electron chi connectivity index (χ4n) is 3.57. The average Bonchev–Trinajstić information content (AvgIpc) is 3.12. The minimum absolute atomic E-state index is 0. The number of piperidine rings is 2. The minimum Gasteiger partial charge on any atom is -0.378 e. The summed E-state index contributed by atoms with van der Waals surface area (Å²) in [6.45, 7) is 8.81. The van der Waals surface area contributed by atoms with Crippen LogP contribution in [0, 0.1) is 5.92 Å². The van der Waals surface area contributed by atoms with Gasteiger partial charge >= 0.3 is 0 Å². The molecule has 2 aliphatic heterocycles. The van der Waals surface area contributed by atoms with Gasteiger partial charge in [0.2, 0.25) is 0 Å². The van der Waals surface area contributed by atoms with Crippen molar-refractivity contribution in [2.75, 3.05) is 32.8 Å². The summed E-state index contributed by atoms with van der Waals surface area (Å²) in [5, 5.41) is 7.94. The van der Waals surface area contributed by atoms with E-state index in [0.29, 0.717) is 23.8 Å². The van der Waals surface area contributed by atoms with Crippen molar-refractivity contribution in [2.24, 2.45) is 5.92 Å². The number of aromatic nitrogens is 2. The van der Waals surface area contributed by atoms with Gasteiger partial charge < -0.3 is 15.0 Å². The molecule has 1 amide bonds. The fourth-order valence-corrected chi connectivity index (χ4v) is 3.57. The fraction of sp³-hybridized carbons (Fsp3) is 0.789. The van der Waals surface area contributed by atoms with Crippen LogP contribution in [0.15, 0.2) is 12.3 Å². The Balaban J connectivity index is 0.00000243. The lowest BCUT2D eigenvalue weighted by Gasteiger charge is -2.31. The van der Waals surface area contributed by atoms with Crippen molar-refractivity contribution in [3.63, 3.8) is 0 Å². The third-order valence-electron chi connectivity index (χ3n) is 5.25. The SMILES string of the molecule is CC(C)CCOC1CCN(C(=O)c2ccn(C3CCCNC3)n2)CC1.Cl. The maximum absolute atomic E-state index is 12.7. The normalized spacial score (nSPS) is 21.7.